The zero-order valence-corrected chi connectivity index (χ0v) is 13.4. The molecule has 0 spiro atoms. The molecule has 2 aliphatic rings. The molecule has 2 fully saturated rings. The van der Waals surface area contributed by atoms with Crippen LogP contribution in [0, 0.1) is 0 Å². The quantitative estimate of drug-likeness (QED) is 0.857. The molecule has 3 rings (SSSR count). The van der Waals surface area contributed by atoms with Gasteiger partial charge in [0.2, 0.25) is 5.91 Å². The third-order valence-electron chi connectivity index (χ3n) is 4.34. The summed E-state index contributed by atoms with van der Waals surface area (Å²) in [7, 11) is 0. The van der Waals surface area contributed by atoms with E-state index in [-0.39, 0.29) is 18.1 Å². The first-order chi connectivity index (χ1) is 10.7. The van der Waals surface area contributed by atoms with Crippen LogP contribution in [0.15, 0.2) is 24.3 Å². The van der Waals surface area contributed by atoms with Crippen molar-refractivity contribution in [3.05, 3.63) is 34.9 Å². The number of amides is 1. The maximum absolute atomic E-state index is 12.5. The van der Waals surface area contributed by atoms with Crippen LogP contribution in [0.2, 0.25) is 5.02 Å². The van der Waals surface area contributed by atoms with Gasteiger partial charge in [-0.05, 0) is 37.0 Å². The molecule has 120 valence electrons. The van der Waals surface area contributed by atoms with Crippen LogP contribution >= 0.6 is 11.6 Å². The van der Waals surface area contributed by atoms with Crippen molar-refractivity contribution in [1.82, 2.24) is 4.90 Å². The fourth-order valence-electron chi connectivity index (χ4n) is 3.05. The van der Waals surface area contributed by atoms with Gasteiger partial charge in [-0.1, -0.05) is 23.7 Å². The van der Waals surface area contributed by atoms with Gasteiger partial charge < -0.3 is 14.4 Å². The smallest absolute Gasteiger partial charge is 0.225 e. The maximum atomic E-state index is 12.5. The van der Waals surface area contributed by atoms with Gasteiger partial charge in [-0.15, -0.1) is 0 Å². The topological polar surface area (TPSA) is 38.8 Å². The minimum atomic E-state index is -0.0674. The van der Waals surface area contributed by atoms with E-state index in [1.54, 1.807) is 0 Å². The van der Waals surface area contributed by atoms with Gasteiger partial charge in [0.25, 0.3) is 0 Å². The lowest BCUT2D eigenvalue weighted by atomic mass is 10.0. The summed E-state index contributed by atoms with van der Waals surface area (Å²) in [6.07, 6.45) is 3.79. The molecular formula is C17H22ClNO3. The van der Waals surface area contributed by atoms with Crippen LogP contribution in [-0.4, -0.2) is 43.2 Å². The zero-order valence-electron chi connectivity index (χ0n) is 12.7. The molecule has 1 aromatic carbocycles. The Morgan fingerprint density at radius 2 is 2.00 bits per heavy atom. The molecule has 2 heterocycles. The molecular weight excluding hydrogens is 302 g/mol. The van der Waals surface area contributed by atoms with Crippen LogP contribution in [-0.2, 0) is 14.3 Å². The minimum absolute atomic E-state index is 0.0674. The van der Waals surface area contributed by atoms with Gasteiger partial charge in [0, 0.05) is 18.2 Å². The maximum Gasteiger partial charge on any atom is 0.225 e. The van der Waals surface area contributed by atoms with Gasteiger partial charge in [0.15, 0.2) is 0 Å². The van der Waals surface area contributed by atoms with E-state index in [0.717, 1.165) is 31.4 Å². The number of nitrogens with zero attached hydrogens (tertiary/aromatic N) is 1. The molecule has 0 saturated carbocycles. The van der Waals surface area contributed by atoms with Crippen molar-refractivity contribution >= 4 is 17.5 Å². The second kappa shape index (κ2) is 7.44. The number of ether oxygens (including phenoxy) is 2. The number of hydrogen-bond donors (Lipinski definition) is 0. The molecule has 22 heavy (non-hydrogen) atoms. The number of benzene rings is 1. The Kier molecular flexibility index (Phi) is 5.34. The predicted molar refractivity (Wildman–Crippen MR) is 84.9 cm³/mol. The second-order valence-corrected chi connectivity index (χ2v) is 6.38. The second-order valence-electron chi connectivity index (χ2n) is 5.94. The highest BCUT2D eigenvalue weighted by molar-refractivity contribution is 6.30. The number of hydrogen-bond acceptors (Lipinski definition) is 3. The Hall–Kier alpha value is -1.10. The van der Waals surface area contributed by atoms with Crippen molar-refractivity contribution in [2.75, 3.05) is 26.3 Å². The van der Waals surface area contributed by atoms with Crippen LogP contribution < -0.4 is 0 Å². The Bertz CT molecular complexity index is 499. The lowest BCUT2D eigenvalue weighted by molar-refractivity contribution is -0.142. The SMILES string of the molecule is O=C(CC1CCCCO1)N1CCOC(c2ccc(Cl)cc2)C1. The van der Waals surface area contributed by atoms with E-state index >= 15 is 0 Å². The van der Waals surface area contributed by atoms with Gasteiger partial charge in [-0.2, -0.15) is 0 Å². The summed E-state index contributed by atoms with van der Waals surface area (Å²) in [5.41, 5.74) is 1.07. The molecule has 0 N–H and O–H groups in total. The minimum Gasteiger partial charge on any atom is -0.378 e. The summed E-state index contributed by atoms with van der Waals surface area (Å²) in [6.45, 7) is 2.63. The van der Waals surface area contributed by atoms with Crippen molar-refractivity contribution < 1.29 is 14.3 Å². The van der Waals surface area contributed by atoms with Gasteiger partial charge >= 0.3 is 0 Å². The standard InChI is InChI=1S/C17H22ClNO3/c18-14-6-4-13(5-7-14)16-12-19(8-10-22-16)17(20)11-15-3-1-2-9-21-15/h4-7,15-16H,1-3,8-12H2. The van der Waals surface area contributed by atoms with Crippen molar-refractivity contribution in [3.8, 4) is 0 Å². The first-order valence-corrected chi connectivity index (χ1v) is 8.36. The number of rotatable bonds is 3. The van der Waals surface area contributed by atoms with Crippen molar-refractivity contribution in [3.63, 3.8) is 0 Å². The van der Waals surface area contributed by atoms with Crippen molar-refractivity contribution in [2.24, 2.45) is 0 Å². The highest BCUT2D eigenvalue weighted by Crippen LogP contribution is 2.25. The van der Waals surface area contributed by atoms with E-state index in [4.69, 9.17) is 21.1 Å². The molecule has 2 aliphatic heterocycles. The van der Waals surface area contributed by atoms with Crippen molar-refractivity contribution in [1.29, 1.82) is 0 Å². The first kappa shape index (κ1) is 15.8. The largest absolute Gasteiger partial charge is 0.378 e. The highest BCUT2D eigenvalue weighted by atomic mass is 35.5. The lowest BCUT2D eigenvalue weighted by Gasteiger charge is -2.34. The fourth-order valence-corrected chi connectivity index (χ4v) is 3.17. The Morgan fingerprint density at radius 3 is 2.73 bits per heavy atom. The van der Waals surface area contributed by atoms with Crippen LogP contribution in [0.4, 0.5) is 0 Å². The van der Waals surface area contributed by atoms with E-state index in [9.17, 15) is 4.79 Å². The molecule has 4 nitrogen and oxygen atoms in total. The van der Waals surface area contributed by atoms with E-state index in [1.165, 1.54) is 0 Å². The number of morpholine rings is 1. The molecule has 0 radical (unpaired) electrons. The summed E-state index contributed by atoms with van der Waals surface area (Å²) in [5.74, 6) is 0.175. The third-order valence-corrected chi connectivity index (χ3v) is 4.59. The molecule has 1 amide bonds. The van der Waals surface area contributed by atoms with E-state index in [1.807, 2.05) is 29.2 Å². The monoisotopic (exact) mass is 323 g/mol. The summed E-state index contributed by atoms with van der Waals surface area (Å²) in [6, 6.07) is 7.64. The van der Waals surface area contributed by atoms with E-state index < -0.39 is 0 Å². The highest BCUT2D eigenvalue weighted by Gasteiger charge is 2.27. The molecule has 2 saturated heterocycles. The molecule has 2 atom stereocenters. The lowest BCUT2D eigenvalue weighted by Crippen LogP contribution is -2.43. The summed E-state index contributed by atoms with van der Waals surface area (Å²) < 4.78 is 11.5. The third kappa shape index (κ3) is 4.00. The average molecular weight is 324 g/mol. The van der Waals surface area contributed by atoms with Crippen LogP contribution in [0.25, 0.3) is 0 Å². The Morgan fingerprint density at radius 1 is 1.18 bits per heavy atom. The predicted octanol–water partition coefficient (Wildman–Crippen LogP) is 3.20. The van der Waals surface area contributed by atoms with E-state index in [2.05, 4.69) is 0 Å². The fraction of sp³-hybridized carbons (Fsp3) is 0.588. The summed E-state index contributed by atoms with van der Waals surface area (Å²) in [4.78, 5) is 14.4. The number of halogens is 1. The van der Waals surface area contributed by atoms with Gasteiger partial charge in [0.1, 0.15) is 6.10 Å². The van der Waals surface area contributed by atoms with Crippen LogP contribution in [0.5, 0.6) is 0 Å². The summed E-state index contributed by atoms with van der Waals surface area (Å²) >= 11 is 5.92. The average Bonchev–Trinajstić information content (AvgIpc) is 2.56. The van der Waals surface area contributed by atoms with Gasteiger partial charge in [-0.3, -0.25) is 4.79 Å². The van der Waals surface area contributed by atoms with Crippen LogP contribution in [0.1, 0.15) is 37.4 Å². The van der Waals surface area contributed by atoms with Gasteiger partial charge in [0.05, 0.1) is 25.7 Å². The van der Waals surface area contributed by atoms with E-state index in [0.29, 0.717) is 31.1 Å². The zero-order chi connectivity index (χ0) is 15.4. The van der Waals surface area contributed by atoms with Gasteiger partial charge in [-0.25, -0.2) is 0 Å². The molecule has 1 aromatic rings. The number of carbonyl (C=O) groups is 1. The molecule has 2 unspecified atom stereocenters. The molecule has 0 bridgehead atoms. The Balaban J connectivity index is 1.57. The molecule has 0 aromatic heterocycles. The molecule has 5 heteroatoms. The first-order valence-electron chi connectivity index (χ1n) is 7.99. The normalized spacial score (nSPS) is 26.0. The van der Waals surface area contributed by atoms with Crippen LogP contribution in [0.3, 0.4) is 0 Å². The van der Waals surface area contributed by atoms with Crippen molar-refractivity contribution in [2.45, 2.75) is 37.9 Å². The molecule has 0 aliphatic carbocycles. The number of carbonyl (C=O) groups excluding carboxylic acids is 1. The Labute approximate surface area is 136 Å². The summed E-state index contributed by atoms with van der Waals surface area (Å²) in [5, 5.41) is 0.710.